The van der Waals surface area contributed by atoms with Crippen LogP contribution in [0.3, 0.4) is 0 Å². The molecule has 0 spiro atoms. The Balaban J connectivity index is 1.88. The van der Waals surface area contributed by atoms with Crippen LogP contribution >= 0.6 is 0 Å². The molecule has 1 amide bonds. The van der Waals surface area contributed by atoms with E-state index in [0.717, 1.165) is 35.3 Å². The molecule has 33 heavy (non-hydrogen) atoms. The van der Waals surface area contributed by atoms with Gasteiger partial charge in [0.25, 0.3) is 0 Å². The van der Waals surface area contributed by atoms with Gasteiger partial charge in [-0.05, 0) is 23.1 Å². The molecule has 0 aliphatic carbocycles. The lowest BCUT2D eigenvalue weighted by atomic mass is 9.77. The van der Waals surface area contributed by atoms with Gasteiger partial charge in [0, 0.05) is 13.5 Å². The number of carbonyl (C=O) groups is 1. The molecule has 5 nitrogen and oxygen atoms in total. The molecule has 1 heterocycles. The quantitative estimate of drug-likeness (QED) is 0.317. The maximum absolute atomic E-state index is 12.5. The Morgan fingerprint density at radius 3 is 1.79 bits per heavy atom. The van der Waals surface area contributed by atoms with Crippen LogP contribution in [0.1, 0.15) is 42.9 Å². The molecule has 168 valence electrons. The fourth-order valence-corrected chi connectivity index (χ4v) is 4.19. The number of aryl methyl sites for hydroxylation is 1. The van der Waals surface area contributed by atoms with Crippen LogP contribution in [0.2, 0.25) is 0 Å². The summed E-state index contributed by atoms with van der Waals surface area (Å²) in [4.78, 5) is 12.5. The van der Waals surface area contributed by atoms with Gasteiger partial charge in [-0.25, -0.2) is 0 Å². The fraction of sp³-hybridized carbons (Fsp3) is 0.214. The number of anilines is 2. The maximum Gasteiger partial charge on any atom is 0.224 e. The molecule has 0 atom stereocenters. The topological polar surface area (TPSA) is 59.0 Å². The average Bonchev–Trinajstić information content (AvgIpc) is 3.21. The number of amides is 1. The molecule has 5 heteroatoms. The number of rotatable bonds is 9. The summed E-state index contributed by atoms with van der Waals surface area (Å²) in [7, 11) is 1.88. The molecule has 2 N–H and O–H groups in total. The molecule has 0 saturated heterocycles. The van der Waals surface area contributed by atoms with Gasteiger partial charge < -0.3 is 10.6 Å². The Labute approximate surface area is 195 Å². The van der Waals surface area contributed by atoms with Crippen molar-refractivity contribution in [2.75, 3.05) is 10.6 Å². The van der Waals surface area contributed by atoms with E-state index in [1.165, 1.54) is 0 Å². The molecule has 0 aliphatic rings. The number of nitrogens with zero attached hydrogens (tertiary/aromatic N) is 2. The lowest BCUT2D eigenvalue weighted by molar-refractivity contribution is -0.116. The smallest absolute Gasteiger partial charge is 0.224 e. The number of unbranched alkanes of at least 4 members (excludes halogenated alkanes) is 1. The molecule has 0 radical (unpaired) electrons. The second-order valence-corrected chi connectivity index (χ2v) is 8.16. The van der Waals surface area contributed by atoms with Crippen LogP contribution in [0.15, 0.2) is 97.2 Å². The predicted octanol–water partition coefficient (Wildman–Crippen LogP) is 5.95. The first-order chi connectivity index (χ1) is 16.1. The van der Waals surface area contributed by atoms with Crippen LogP contribution in [0, 0.1) is 0 Å². The Morgan fingerprint density at radius 2 is 1.33 bits per heavy atom. The largest absolute Gasteiger partial charge is 0.351 e. The zero-order valence-electron chi connectivity index (χ0n) is 19.2. The molecule has 1 aromatic heterocycles. The Kier molecular flexibility index (Phi) is 6.89. The molecule has 4 rings (SSSR count). The standard InChI is InChI=1S/C28H30N4O/c1-3-4-20-26(33)30-25-21-29-32(2)27(25)31-28(22-14-8-5-9-15-22,23-16-10-6-11-17-23)24-18-12-7-13-19-24/h5-19,21,31H,3-4,20H2,1-2H3,(H,30,33). The summed E-state index contributed by atoms with van der Waals surface area (Å²) in [5.41, 5.74) is 3.25. The first-order valence-electron chi connectivity index (χ1n) is 11.4. The van der Waals surface area contributed by atoms with Crippen molar-refractivity contribution in [2.24, 2.45) is 7.05 Å². The molecule has 0 aliphatic heterocycles. The van der Waals surface area contributed by atoms with E-state index in [1.807, 2.05) is 61.6 Å². The van der Waals surface area contributed by atoms with E-state index in [2.05, 4.69) is 59.1 Å². The fourth-order valence-electron chi connectivity index (χ4n) is 4.19. The lowest BCUT2D eigenvalue weighted by Crippen LogP contribution is -2.39. The van der Waals surface area contributed by atoms with Crippen molar-refractivity contribution < 1.29 is 4.79 Å². The molecule has 0 bridgehead atoms. The minimum absolute atomic E-state index is 0.00219. The monoisotopic (exact) mass is 438 g/mol. The van der Waals surface area contributed by atoms with Crippen LogP contribution < -0.4 is 10.6 Å². The molecule has 0 unspecified atom stereocenters. The first kappa shape index (κ1) is 22.3. The Morgan fingerprint density at radius 1 is 0.848 bits per heavy atom. The van der Waals surface area contributed by atoms with Gasteiger partial charge in [0.05, 0.1) is 6.20 Å². The lowest BCUT2D eigenvalue weighted by Gasteiger charge is -2.38. The summed E-state index contributed by atoms with van der Waals surface area (Å²) in [6.45, 7) is 2.08. The van der Waals surface area contributed by atoms with Crippen LogP contribution in [-0.2, 0) is 17.4 Å². The van der Waals surface area contributed by atoms with Gasteiger partial charge in [-0.1, -0.05) is 104 Å². The van der Waals surface area contributed by atoms with E-state index < -0.39 is 5.54 Å². The number of nitrogens with one attached hydrogen (secondary N) is 2. The Bertz CT molecular complexity index is 1070. The van der Waals surface area contributed by atoms with Gasteiger partial charge >= 0.3 is 0 Å². The van der Waals surface area contributed by atoms with Gasteiger partial charge in [0.15, 0.2) is 0 Å². The number of aromatic nitrogens is 2. The molecular weight excluding hydrogens is 408 g/mol. The number of hydrogen-bond acceptors (Lipinski definition) is 3. The van der Waals surface area contributed by atoms with E-state index in [1.54, 1.807) is 10.9 Å². The van der Waals surface area contributed by atoms with E-state index in [4.69, 9.17) is 0 Å². The van der Waals surface area contributed by atoms with Crippen molar-refractivity contribution in [3.8, 4) is 0 Å². The highest BCUT2D eigenvalue weighted by atomic mass is 16.1. The summed E-state index contributed by atoms with van der Waals surface area (Å²) in [5, 5.41) is 11.3. The summed E-state index contributed by atoms with van der Waals surface area (Å²) < 4.78 is 1.78. The highest BCUT2D eigenvalue weighted by molar-refractivity contribution is 5.93. The van der Waals surface area contributed by atoms with Crippen LogP contribution in [0.25, 0.3) is 0 Å². The zero-order valence-corrected chi connectivity index (χ0v) is 19.2. The molecule has 0 saturated carbocycles. The predicted molar refractivity (Wildman–Crippen MR) is 134 cm³/mol. The van der Waals surface area contributed by atoms with Crippen LogP contribution in [-0.4, -0.2) is 15.7 Å². The summed E-state index contributed by atoms with van der Waals surface area (Å²) in [5.74, 6) is 0.744. The van der Waals surface area contributed by atoms with Crippen molar-refractivity contribution in [1.29, 1.82) is 0 Å². The van der Waals surface area contributed by atoms with Crippen molar-refractivity contribution in [3.05, 3.63) is 114 Å². The third kappa shape index (κ3) is 4.67. The van der Waals surface area contributed by atoms with Gasteiger partial charge in [0.1, 0.15) is 17.0 Å². The summed E-state index contributed by atoms with van der Waals surface area (Å²) in [6.07, 6.45) is 4.03. The average molecular weight is 439 g/mol. The summed E-state index contributed by atoms with van der Waals surface area (Å²) in [6, 6.07) is 31.1. The van der Waals surface area contributed by atoms with E-state index in [-0.39, 0.29) is 5.91 Å². The molecule has 0 fully saturated rings. The summed E-state index contributed by atoms with van der Waals surface area (Å²) >= 11 is 0. The van der Waals surface area contributed by atoms with E-state index in [0.29, 0.717) is 12.1 Å². The van der Waals surface area contributed by atoms with E-state index >= 15 is 0 Å². The molecule has 4 aromatic rings. The minimum atomic E-state index is -0.694. The third-order valence-corrected chi connectivity index (χ3v) is 5.90. The van der Waals surface area contributed by atoms with Crippen LogP contribution in [0.4, 0.5) is 11.5 Å². The zero-order chi connectivity index (χ0) is 23.1. The minimum Gasteiger partial charge on any atom is -0.351 e. The number of hydrogen-bond donors (Lipinski definition) is 2. The second-order valence-electron chi connectivity index (χ2n) is 8.16. The normalized spacial score (nSPS) is 11.2. The number of carbonyl (C=O) groups excluding carboxylic acids is 1. The van der Waals surface area contributed by atoms with E-state index in [9.17, 15) is 4.79 Å². The van der Waals surface area contributed by atoms with Gasteiger partial charge in [-0.3, -0.25) is 9.48 Å². The third-order valence-electron chi connectivity index (χ3n) is 5.90. The van der Waals surface area contributed by atoms with Gasteiger partial charge in [0.2, 0.25) is 5.91 Å². The number of benzene rings is 3. The van der Waals surface area contributed by atoms with Crippen molar-refractivity contribution in [1.82, 2.24) is 9.78 Å². The van der Waals surface area contributed by atoms with Crippen molar-refractivity contribution in [3.63, 3.8) is 0 Å². The van der Waals surface area contributed by atoms with Gasteiger partial charge in [-0.15, -0.1) is 0 Å². The Hall–Kier alpha value is -3.86. The molecule has 3 aromatic carbocycles. The highest BCUT2D eigenvalue weighted by Gasteiger charge is 2.37. The molecular formula is C28H30N4O. The van der Waals surface area contributed by atoms with Crippen molar-refractivity contribution in [2.45, 2.75) is 31.7 Å². The van der Waals surface area contributed by atoms with Gasteiger partial charge in [-0.2, -0.15) is 5.10 Å². The first-order valence-corrected chi connectivity index (χ1v) is 11.4. The second kappa shape index (κ2) is 10.2. The van der Waals surface area contributed by atoms with Crippen LogP contribution in [0.5, 0.6) is 0 Å². The highest BCUT2D eigenvalue weighted by Crippen LogP contribution is 2.41. The SMILES string of the molecule is CCCCC(=O)Nc1cnn(C)c1NC(c1ccccc1)(c1ccccc1)c1ccccc1. The van der Waals surface area contributed by atoms with Crippen molar-refractivity contribution >= 4 is 17.4 Å². The maximum atomic E-state index is 12.5.